The molecule has 1 heterocycles. The molecule has 1 rings (SSSR count). The lowest BCUT2D eigenvalue weighted by Crippen LogP contribution is -2.55. The summed E-state index contributed by atoms with van der Waals surface area (Å²) >= 11 is 0. The molecule has 0 fully saturated rings. The summed E-state index contributed by atoms with van der Waals surface area (Å²) in [7, 11) is 0. The van der Waals surface area contributed by atoms with Crippen molar-refractivity contribution in [3.05, 3.63) is 11.8 Å². The highest BCUT2D eigenvalue weighted by atomic mass is 16.1. The second-order valence-corrected chi connectivity index (χ2v) is 2.71. The number of ketones is 1. The molecule has 0 spiro atoms. The van der Waals surface area contributed by atoms with Crippen molar-refractivity contribution in [1.82, 2.24) is 10.6 Å². The van der Waals surface area contributed by atoms with E-state index in [4.69, 9.17) is 5.73 Å². The lowest BCUT2D eigenvalue weighted by Gasteiger charge is -2.26. The van der Waals surface area contributed by atoms with Crippen LogP contribution in [0.4, 0.5) is 0 Å². The number of Topliss-reactive ketones (excluding diaryl/α,β-unsaturated/α-hetero) is 1. The minimum absolute atomic E-state index is 0.0220. The number of carbonyl (C=O) groups excluding carboxylic acids is 1. The maximum Gasteiger partial charge on any atom is 0.175 e. The summed E-state index contributed by atoms with van der Waals surface area (Å²) in [5.41, 5.74) is 6.14. The van der Waals surface area contributed by atoms with Crippen LogP contribution in [-0.2, 0) is 4.79 Å². The van der Waals surface area contributed by atoms with E-state index in [9.17, 15) is 4.79 Å². The molecule has 4 heteroatoms. The minimum Gasteiger partial charge on any atom is -0.355 e. The summed E-state index contributed by atoms with van der Waals surface area (Å²) in [4.78, 5) is 10.9. The number of allylic oxidation sites excluding steroid dienone is 1. The van der Waals surface area contributed by atoms with Crippen LogP contribution in [0.25, 0.3) is 0 Å². The number of carbonyl (C=O) groups is 1. The molecule has 11 heavy (non-hydrogen) atoms. The van der Waals surface area contributed by atoms with Gasteiger partial charge in [-0.15, -0.1) is 0 Å². The number of nitrogens with one attached hydrogen (secondary N) is 2. The monoisotopic (exact) mass is 155 g/mol. The highest BCUT2D eigenvalue weighted by Crippen LogP contribution is 2.00. The maximum absolute atomic E-state index is 10.9. The van der Waals surface area contributed by atoms with Crippen molar-refractivity contribution in [3.63, 3.8) is 0 Å². The summed E-state index contributed by atoms with van der Waals surface area (Å²) in [6.45, 7) is 3.47. The largest absolute Gasteiger partial charge is 0.355 e. The highest BCUT2D eigenvalue weighted by Gasteiger charge is 2.16. The first-order chi connectivity index (χ1) is 5.09. The van der Waals surface area contributed by atoms with Crippen LogP contribution in [0.5, 0.6) is 0 Å². The molecule has 2 atom stereocenters. The van der Waals surface area contributed by atoms with Gasteiger partial charge in [-0.25, -0.2) is 0 Å². The smallest absolute Gasteiger partial charge is 0.175 e. The Hall–Kier alpha value is -0.870. The van der Waals surface area contributed by atoms with Gasteiger partial charge in [-0.05, 0) is 13.0 Å². The fourth-order valence-corrected chi connectivity index (χ4v) is 1.06. The molecule has 1 aliphatic rings. The van der Waals surface area contributed by atoms with Gasteiger partial charge in [0, 0.05) is 13.0 Å². The van der Waals surface area contributed by atoms with Crippen LogP contribution in [0.3, 0.4) is 0 Å². The van der Waals surface area contributed by atoms with E-state index in [1.807, 2.05) is 13.0 Å². The highest BCUT2D eigenvalue weighted by molar-refractivity contribution is 5.92. The number of rotatable bonds is 1. The molecule has 4 nitrogen and oxygen atoms in total. The van der Waals surface area contributed by atoms with Crippen LogP contribution >= 0.6 is 0 Å². The summed E-state index contributed by atoms with van der Waals surface area (Å²) < 4.78 is 0. The second kappa shape index (κ2) is 3.02. The van der Waals surface area contributed by atoms with E-state index in [2.05, 4.69) is 10.6 Å². The second-order valence-electron chi connectivity index (χ2n) is 2.71. The van der Waals surface area contributed by atoms with Crippen molar-refractivity contribution in [2.45, 2.75) is 26.2 Å². The molecule has 0 aromatic rings. The molecular formula is C7H13N3O. The lowest BCUT2D eigenvalue weighted by atomic mass is 10.2. The predicted octanol–water partition coefficient (Wildman–Crippen LogP) is -0.717. The third-order valence-electron chi connectivity index (χ3n) is 1.55. The average Bonchev–Trinajstić information content (AvgIpc) is 1.85. The fourth-order valence-electron chi connectivity index (χ4n) is 1.06. The van der Waals surface area contributed by atoms with Gasteiger partial charge < -0.3 is 5.32 Å². The molecule has 0 amide bonds. The molecule has 0 saturated heterocycles. The van der Waals surface area contributed by atoms with Gasteiger partial charge in [0.05, 0.1) is 5.70 Å². The van der Waals surface area contributed by atoms with E-state index in [-0.39, 0.29) is 18.1 Å². The molecule has 4 N–H and O–H groups in total. The number of hydrogen-bond acceptors (Lipinski definition) is 4. The van der Waals surface area contributed by atoms with E-state index in [1.54, 1.807) is 0 Å². The third-order valence-corrected chi connectivity index (χ3v) is 1.55. The Morgan fingerprint density at radius 2 is 2.36 bits per heavy atom. The summed E-state index contributed by atoms with van der Waals surface area (Å²) in [5.74, 6) is 0.0220. The minimum atomic E-state index is -0.311. The van der Waals surface area contributed by atoms with Crippen LogP contribution in [0, 0.1) is 0 Å². The van der Waals surface area contributed by atoms with Crippen molar-refractivity contribution < 1.29 is 4.79 Å². The number of hydrogen-bond donors (Lipinski definition) is 3. The fraction of sp³-hybridized carbons (Fsp3) is 0.571. The van der Waals surface area contributed by atoms with Crippen molar-refractivity contribution >= 4 is 5.78 Å². The quantitative estimate of drug-likeness (QED) is 0.467. The summed E-state index contributed by atoms with van der Waals surface area (Å²) in [5, 5.41) is 5.83. The van der Waals surface area contributed by atoms with Gasteiger partial charge in [0.15, 0.2) is 5.78 Å². The Morgan fingerprint density at radius 1 is 1.73 bits per heavy atom. The van der Waals surface area contributed by atoms with E-state index in [1.165, 1.54) is 6.92 Å². The van der Waals surface area contributed by atoms with Crippen molar-refractivity contribution in [2.75, 3.05) is 0 Å². The third kappa shape index (κ3) is 2.03. The zero-order valence-corrected chi connectivity index (χ0v) is 6.72. The van der Waals surface area contributed by atoms with Crippen LogP contribution in [-0.4, -0.2) is 18.1 Å². The SMILES string of the molecule is CC(=O)C1=CC(C)NC(N)N1. The normalized spacial score (nSPS) is 30.6. The molecule has 0 saturated carbocycles. The first kappa shape index (κ1) is 8.23. The Bertz CT molecular complexity index is 200. The van der Waals surface area contributed by atoms with Crippen LogP contribution < -0.4 is 16.4 Å². The zero-order chi connectivity index (χ0) is 8.43. The van der Waals surface area contributed by atoms with E-state index in [0.717, 1.165) is 0 Å². The van der Waals surface area contributed by atoms with Gasteiger partial charge in [0.2, 0.25) is 0 Å². The van der Waals surface area contributed by atoms with Crippen molar-refractivity contribution in [2.24, 2.45) is 5.73 Å². The topological polar surface area (TPSA) is 67.2 Å². The van der Waals surface area contributed by atoms with Gasteiger partial charge in [0.1, 0.15) is 6.29 Å². The Kier molecular flexibility index (Phi) is 2.26. The van der Waals surface area contributed by atoms with Crippen molar-refractivity contribution in [1.29, 1.82) is 0 Å². The first-order valence-electron chi connectivity index (χ1n) is 3.60. The van der Waals surface area contributed by atoms with Gasteiger partial charge in [-0.3, -0.25) is 15.8 Å². The van der Waals surface area contributed by atoms with Gasteiger partial charge >= 0.3 is 0 Å². The van der Waals surface area contributed by atoms with E-state index in [0.29, 0.717) is 5.70 Å². The van der Waals surface area contributed by atoms with E-state index >= 15 is 0 Å². The lowest BCUT2D eigenvalue weighted by molar-refractivity contribution is -0.114. The zero-order valence-electron chi connectivity index (χ0n) is 6.72. The molecule has 0 aliphatic carbocycles. The molecule has 0 bridgehead atoms. The summed E-state index contributed by atoms with van der Waals surface area (Å²) in [6, 6.07) is 0.158. The Labute approximate surface area is 65.8 Å². The predicted molar refractivity (Wildman–Crippen MR) is 42.5 cm³/mol. The first-order valence-corrected chi connectivity index (χ1v) is 3.60. The van der Waals surface area contributed by atoms with Crippen LogP contribution in [0.1, 0.15) is 13.8 Å². The average molecular weight is 155 g/mol. The standard InChI is InChI=1S/C7H13N3O/c1-4-3-6(5(2)11)10-7(8)9-4/h3-4,7,9-10H,8H2,1-2H3. The molecule has 0 radical (unpaired) electrons. The Morgan fingerprint density at radius 3 is 2.82 bits per heavy atom. The molecular weight excluding hydrogens is 142 g/mol. The van der Waals surface area contributed by atoms with Crippen molar-refractivity contribution in [3.8, 4) is 0 Å². The molecule has 62 valence electrons. The molecule has 0 aromatic heterocycles. The van der Waals surface area contributed by atoms with Gasteiger partial charge in [-0.1, -0.05) is 0 Å². The summed E-state index contributed by atoms with van der Waals surface area (Å²) in [6.07, 6.45) is 1.51. The molecule has 1 aliphatic heterocycles. The maximum atomic E-state index is 10.9. The van der Waals surface area contributed by atoms with Gasteiger partial charge in [-0.2, -0.15) is 0 Å². The molecule has 2 unspecified atom stereocenters. The molecule has 0 aromatic carbocycles. The number of nitrogens with two attached hydrogens (primary N) is 1. The van der Waals surface area contributed by atoms with E-state index < -0.39 is 0 Å². The van der Waals surface area contributed by atoms with Gasteiger partial charge in [0.25, 0.3) is 0 Å². The Balaban J connectivity index is 2.72. The van der Waals surface area contributed by atoms with Crippen LogP contribution in [0.2, 0.25) is 0 Å². The van der Waals surface area contributed by atoms with Crippen LogP contribution in [0.15, 0.2) is 11.8 Å².